The Morgan fingerprint density at radius 2 is 1.09 bits per heavy atom. The maximum Gasteiger partial charge on any atom is 0.326 e. The van der Waals surface area contributed by atoms with Gasteiger partial charge in [-0.3, -0.25) is 38.4 Å². The lowest BCUT2D eigenvalue weighted by Gasteiger charge is -2.23. The number of aliphatic hydroxyl groups is 1. The number of carbonyl (C=O) groups excluding carboxylic acids is 8. The van der Waals surface area contributed by atoms with Gasteiger partial charge in [-0.1, -0.05) is 13.8 Å². The first-order valence-corrected chi connectivity index (χ1v) is 14.7. The summed E-state index contributed by atoms with van der Waals surface area (Å²) in [6.45, 7) is 4.65. The van der Waals surface area contributed by atoms with Gasteiger partial charge in [0.25, 0.3) is 0 Å². The van der Waals surface area contributed by atoms with Gasteiger partial charge in [0.05, 0.1) is 19.2 Å². The summed E-state index contributed by atoms with van der Waals surface area (Å²) in [5.41, 5.74) is 16.0. The van der Waals surface area contributed by atoms with Crippen LogP contribution in [0, 0.1) is 5.92 Å². The summed E-state index contributed by atoms with van der Waals surface area (Å²) in [7, 11) is 0. The lowest BCUT2D eigenvalue weighted by atomic mass is 10.0. The molecule has 0 spiro atoms. The van der Waals surface area contributed by atoms with Crippen molar-refractivity contribution >= 4 is 53.2 Å². The zero-order chi connectivity index (χ0) is 36.4. The minimum Gasteiger partial charge on any atom is -0.480 e. The smallest absolute Gasteiger partial charge is 0.326 e. The van der Waals surface area contributed by atoms with E-state index in [9.17, 15) is 53.4 Å². The van der Waals surface area contributed by atoms with Gasteiger partial charge >= 0.3 is 5.97 Å². The Bertz CT molecular complexity index is 1160. The Morgan fingerprint density at radius 1 is 0.617 bits per heavy atom. The van der Waals surface area contributed by atoms with Gasteiger partial charge < -0.3 is 59.3 Å². The van der Waals surface area contributed by atoms with Gasteiger partial charge in [0.15, 0.2) is 0 Å². The summed E-state index contributed by atoms with van der Waals surface area (Å²) in [6.07, 6.45) is -0.744. The molecule has 0 radical (unpaired) electrons. The van der Waals surface area contributed by atoms with Crippen molar-refractivity contribution in [2.45, 2.75) is 96.1 Å². The van der Waals surface area contributed by atoms with Crippen molar-refractivity contribution in [2.75, 3.05) is 13.2 Å². The van der Waals surface area contributed by atoms with Crippen LogP contribution in [0.4, 0.5) is 0 Å². The standard InChI is InChI=1S/C27H47N9O11/c1-12(2)9-15(28)24(43)34-16(5-7-19(29)38)25(44)33-13(3)22(41)31-10-21(40)32-14(4)23(42)36-18(11-37)26(45)35-17(27(46)47)6-8-20(30)39/h12-18,37H,5-11,28H2,1-4H3,(H2,29,38)(H2,30,39)(H,31,41)(H,32,40)(H,33,44)(H,34,43)(H,35,45)(H,36,42)(H,46,47)/t13-,14-,15-,16-,17-,18-/m0/s1. The van der Waals surface area contributed by atoms with Crippen LogP contribution in [0.1, 0.15) is 59.8 Å². The molecule has 0 aromatic carbocycles. The predicted octanol–water partition coefficient (Wildman–Crippen LogP) is -5.45. The number of primary amides is 2. The van der Waals surface area contributed by atoms with Gasteiger partial charge in [-0.05, 0) is 39.0 Å². The quantitative estimate of drug-likeness (QED) is 0.0513. The number of hydrogen-bond donors (Lipinski definition) is 11. The number of aliphatic hydroxyl groups excluding tert-OH is 1. The van der Waals surface area contributed by atoms with Gasteiger partial charge in [-0.25, -0.2) is 4.79 Å². The van der Waals surface area contributed by atoms with Crippen LogP contribution < -0.4 is 49.1 Å². The first-order chi connectivity index (χ1) is 21.8. The highest BCUT2D eigenvalue weighted by Crippen LogP contribution is 2.05. The highest BCUT2D eigenvalue weighted by atomic mass is 16.4. The van der Waals surface area contributed by atoms with E-state index in [1.807, 2.05) is 13.8 Å². The van der Waals surface area contributed by atoms with Crippen LogP contribution >= 0.6 is 0 Å². The Balaban J connectivity index is 5.03. The van der Waals surface area contributed by atoms with Gasteiger partial charge in [0.1, 0.15) is 30.2 Å². The Hall–Kier alpha value is -4.85. The van der Waals surface area contributed by atoms with E-state index in [2.05, 4.69) is 31.9 Å². The number of amides is 8. The molecule has 0 aliphatic carbocycles. The van der Waals surface area contributed by atoms with E-state index in [-0.39, 0.29) is 31.6 Å². The van der Waals surface area contributed by atoms with Crippen LogP contribution in [0.2, 0.25) is 0 Å². The third kappa shape index (κ3) is 17.4. The van der Waals surface area contributed by atoms with Gasteiger partial charge in [-0.15, -0.1) is 0 Å². The highest BCUT2D eigenvalue weighted by Gasteiger charge is 2.29. The molecule has 0 heterocycles. The number of rotatable bonds is 22. The number of nitrogens with one attached hydrogen (secondary N) is 6. The Morgan fingerprint density at radius 3 is 1.57 bits per heavy atom. The summed E-state index contributed by atoms with van der Waals surface area (Å²) >= 11 is 0. The summed E-state index contributed by atoms with van der Waals surface area (Å²) in [6, 6.07) is -7.79. The first kappa shape index (κ1) is 42.1. The molecular formula is C27H47N9O11. The third-order valence-electron chi connectivity index (χ3n) is 6.43. The van der Waals surface area contributed by atoms with Gasteiger partial charge in [0, 0.05) is 12.8 Å². The molecule has 0 saturated heterocycles. The van der Waals surface area contributed by atoms with Crippen molar-refractivity contribution in [2.24, 2.45) is 23.1 Å². The van der Waals surface area contributed by atoms with Gasteiger partial charge in [-0.2, -0.15) is 0 Å². The molecule has 0 aliphatic heterocycles. The monoisotopic (exact) mass is 673 g/mol. The maximum absolute atomic E-state index is 12.8. The van der Waals surface area contributed by atoms with Crippen molar-refractivity contribution in [3.63, 3.8) is 0 Å². The highest BCUT2D eigenvalue weighted by molar-refractivity contribution is 5.96. The third-order valence-corrected chi connectivity index (χ3v) is 6.43. The molecule has 266 valence electrons. The summed E-state index contributed by atoms with van der Waals surface area (Å²) in [5.74, 6) is -8.03. The normalized spacial score (nSPS) is 14.6. The Labute approximate surface area is 271 Å². The number of hydrogen-bond acceptors (Lipinski definition) is 11. The largest absolute Gasteiger partial charge is 0.480 e. The van der Waals surface area contributed by atoms with Crippen LogP contribution in [0.25, 0.3) is 0 Å². The van der Waals surface area contributed by atoms with E-state index in [1.165, 1.54) is 13.8 Å². The lowest BCUT2D eigenvalue weighted by Crippen LogP contribution is -2.57. The van der Waals surface area contributed by atoms with Crippen LogP contribution in [0.15, 0.2) is 0 Å². The molecule has 0 fully saturated rings. The maximum atomic E-state index is 12.8. The molecule has 0 rings (SSSR count). The SMILES string of the molecule is CC(C)C[C@H](N)C(=O)N[C@@H](CCC(N)=O)C(=O)N[C@@H](C)C(=O)NCC(=O)N[C@@H](C)C(=O)N[C@@H](CO)C(=O)N[C@@H](CCC(N)=O)C(=O)O. The van der Waals surface area contributed by atoms with Crippen molar-refractivity contribution < 1.29 is 53.4 Å². The lowest BCUT2D eigenvalue weighted by molar-refractivity contribution is -0.143. The van der Waals surface area contributed by atoms with E-state index in [0.29, 0.717) is 6.42 Å². The summed E-state index contributed by atoms with van der Waals surface area (Å²) in [5, 5.41) is 32.3. The molecule has 20 nitrogen and oxygen atoms in total. The van der Waals surface area contributed by atoms with E-state index in [4.69, 9.17) is 17.2 Å². The molecule has 0 aromatic heterocycles. The molecule has 0 saturated carbocycles. The van der Waals surface area contributed by atoms with E-state index in [1.54, 1.807) is 0 Å². The molecule has 0 aromatic rings. The van der Waals surface area contributed by atoms with Crippen molar-refractivity contribution in [3.05, 3.63) is 0 Å². The summed E-state index contributed by atoms with van der Waals surface area (Å²) in [4.78, 5) is 108. The molecule has 20 heteroatoms. The average molecular weight is 674 g/mol. The molecule has 14 N–H and O–H groups in total. The minimum atomic E-state index is -1.61. The second-order valence-corrected chi connectivity index (χ2v) is 11.2. The van der Waals surface area contributed by atoms with Crippen LogP contribution in [-0.2, 0) is 43.2 Å². The molecule has 47 heavy (non-hydrogen) atoms. The number of nitrogens with two attached hydrogens (primary N) is 3. The zero-order valence-corrected chi connectivity index (χ0v) is 26.8. The molecule has 0 bridgehead atoms. The number of carboxylic acid groups (broad SMARTS) is 1. The molecule has 8 amide bonds. The Kier molecular flexibility index (Phi) is 18.9. The van der Waals surface area contributed by atoms with E-state index >= 15 is 0 Å². The average Bonchev–Trinajstić information content (AvgIpc) is 2.97. The summed E-state index contributed by atoms with van der Waals surface area (Å²) < 4.78 is 0. The fourth-order valence-electron chi connectivity index (χ4n) is 3.81. The van der Waals surface area contributed by atoms with Crippen LogP contribution in [-0.4, -0.2) is 113 Å². The fraction of sp³-hybridized carbons (Fsp3) is 0.667. The van der Waals surface area contributed by atoms with Crippen LogP contribution in [0.3, 0.4) is 0 Å². The first-order valence-electron chi connectivity index (χ1n) is 14.7. The van der Waals surface area contributed by atoms with Crippen molar-refractivity contribution in [3.8, 4) is 0 Å². The molecule has 0 aliphatic rings. The second-order valence-electron chi connectivity index (χ2n) is 11.2. The zero-order valence-electron chi connectivity index (χ0n) is 26.8. The molecule has 6 atom stereocenters. The van der Waals surface area contributed by atoms with Gasteiger partial charge in [0.2, 0.25) is 47.3 Å². The molecule has 0 unspecified atom stereocenters. The van der Waals surface area contributed by atoms with E-state index in [0.717, 1.165) is 0 Å². The van der Waals surface area contributed by atoms with E-state index < -0.39 is 103 Å². The van der Waals surface area contributed by atoms with Crippen molar-refractivity contribution in [1.82, 2.24) is 31.9 Å². The number of carbonyl (C=O) groups is 9. The number of aliphatic carboxylic acids is 1. The predicted molar refractivity (Wildman–Crippen MR) is 163 cm³/mol. The van der Waals surface area contributed by atoms with Crippen LogP contribution in [0.5, 0.6) is 0 Å². The second kappa shape index (κ2) is 21.0. The fourth-order valence-corrected chi connectivity index (χ4v) is 3.81. The molecular weight excluding hydrogens is 626 g/mol. The minimum absolute atomic E-state index is 0.0935. The topological polar surface area (TPSA) is 344 Å². The van der Waals surface area contributed by atoms with Crippen molar-refractivity contribution in [1.29, 1.82) is 0 Å². The number of carboxylic acids is 1.